The van der Waals surface area contributed by atoms with Crippen molar-refractivity contribution in [2.75, 3.05) is 6.61 Å². The van der Waals surface area contributed by atoms with Gasteiger partial charge in [0.2, 0.25) is 0 Å². The van der Waals surface area contributed by atoms with Gasteiger partial charge in [-0.05, 0) is 42.7 Å². The number of ketones is 1. The van der Waals surface area contributed by atoms with E-state index in [-0.39, 0.29) is 12.4 Å². The van der Waals surface area contributed by atoms with Crippen LogP contribution in [0.5, 0.6) is 5.75 Å². The normalized spacial score (nSPS) is 16.9. The first kappa shape index (κ1) is 26.0. The Labute approximate surface area is 220 Å². The first-order valence-corrected chi connectivity index (χ1v) is 12.9. The topological polar surface area (TPSA) is 59.0 Å². The summed E-state index contributed by atoms with van der Waals surface area (Å²) >= 11 is 1.09. The summed E-state index contributed by atoms with van der Waals surface area (Å²) < 4.78 is 61.9. The third-order valence-electron chi connectivity index (χ3n) is 6.27. The summed E-state index contributed by atoms with van der Waals surface area (Å²) in [5, 5.41) is 4.55. The van der Waals surface area contributed by atoms with Crippen LogP contribution in [0.1, 0.15) is 52.5 Å². The highest BCUT2D eigenvalue weighted by Crippen LogP contribution is 2.45. The molecule has 0 saturated heterocycles. The van der Waals surface area contributed by atoms with Gasteiger partial charge in [0.25, 0.3) is 5.91 Å². The van der Waals surface area contributed by atoms with E-state index in [0.717, 1.165) is 36.0 Å². The lowest BCUT2D eigenvalue weighted by Gasteiger charge is -2.23. The van der Waals surface area contributed by atoms with Crippen molar-refractivity contribution in [3.05, 3.63) is 101 Å². The van der Waals surface area contributed by atoms with Crippen molar-refractivity contribution >= 4 is 28.5 Å². The molecule has 3 aromatic rings. The third kappa shape index (κ3) is 5.75. The number of Topliss-reactive ketones (excluding diaryl/α,β-unsaturated/α-hetero) is 1. The molecular formula is C28H22F4N2O3S. The summed E-state index contributed by atoms with van der Waals surface area (Å²) in [6, 6.07) is 12.9. The molecule has 1 heterocycles. The summed E-state index contributed by atoms with van der Waals surface area (Å²) in [5.74, 6) is -4.65. The fourth-order valence-corrected chi connectivity index (χ4v) is 5.26. The molecular weight excluding hydrogens is 520 g/mol. The number of thioether (sulfide) groups is 1. The van der Waals surface area contributed by atoms with Crippen LogP contribution in [0.2, 0.25) is 0 Å². The molecule has 2 aliphatic rings. The lowest BCUT2D eigenvalue weighted by Crippen LogP contribution is -2.28. The number of benzene rings is 3. The van der Waals surface area contributed by atoms with E-state index >= 15 is 0 Å². The molecule has 1 fully saturated rings. The molecule has 1 aliphatic carbocycles. The van der Waals surface area contributed by atoms with Crippen molar-refractivity contribution in [3.8, 4) is 5.75 Å². The molecule has 196 valence electrons. The van der Waals surface area contributed by atoms with E-state index < -0.39 is 40.1 Å². The van der Waals surface area contributed by atoms with Crippen molar-refractivity contribution in [2.24, 2.45) is 11.0 Å². The lowest BCUT2D eigenvalue weighted by atomic mass is 10.1. The predicted octanol–water partition coefficient (Wildman–Crippen LogP) is 6.63. The summed E-state index contributed by atoms with van der Waals surface area (Å²) in [7, 11) is 0. The summed E-state index contributed by atoms with van der Waals surface area (Å²) in [4.78, 5) is 25.7. The van der Waals surface area contributed by atoms with Gasteiger partial charge < -0.3 is 4.74 Å². The maximum atomic E-state index is 14.5. The van der Waals surface area contributed by atoms with Crippen LogP contribution in [0.3, 0.4) is 0 Å². The lowest BCUT2D eigenvalue weighted by molar-refractivity contribution is -0.121. The zero-order chi connectivity index (χ0) is 26.8. The Kier molecular flexibility index (Phi) is 7.51. The van der Waals surface area contributed by atoms with Gasteiger partial charge >= 0.3 is 0 Å². The van der Waals surface area contributed by atoms with E-state index in [9.17, 15) is 27.2 Å². The van der Waals surface area contributed by atoms with Gasteiger partial charge in [0.15, 0.2) is 5.78 Å². The Bertz CT molecular complexity index is 1390. The van der Waals surface area contributed by atoms with Crippen LogP contribution in [0.4, 0.5) is 17.6 Å². The van der Waals surface area contributed by atoms with Crippen molar-refractivity contribution in [2.45, 2.75) is 31.1 Å². The number of carbonyl (C=O) groups excluding carboxylic acids is 2. The van der Waals surface area contributed by atoms with Crippen LogP contribution in [0, 0.1) is 29.2 Å². The molecule has 1 saturated carbocycles. The van der Waals surface area contributed by atoms with Crippen molar-refractivity contribution < 1.29 is 31.9 Å². The summed E-state index contributed by atoms with van der Waals surface area (Å²) in [6.07, 6.45) is 3.53. The van der Waals surface area contributed by atoms with E-state index in [1.54, 1.807) is 24.3 Å². The van der Waals surface area contributed by atoms with Gasteiger partial charge in [-0.1, -0.05) is 42.8 Å². The van der Waals surface area contributed by atoms with Gasteiger partial charge in [-0.2, -0.15) is 5.10 Å². The molecule has 0 aromatic heterocycles. The number of hydrogen-bond acceptors (Lipinski definition) is 5. The van der Waals surface area contributed by atoms with Crippen LogP contribution < -0.4 is 4.74 Å². The zero-order valence-electron chi connectivity index (χ0n) is 20.0. The second-order valence-corrected chi connectivity index (χ2v) is 10.2. The Morgan fingerprint density at radius 3 is 2.32 bits per heavy atom. The Morgan fingerprint density at radius 2 is 1.63 bits per heavy atom. The van der Waals surface area contributed by atoms with Crippen molar-refractivity contribution in [1.82, 2.24) is 5.01 Å². The SMILES string of the molecule is O=C(CCC1CC1)COc1ccccc1C1SC(c2ccc(F)cc2)=NN1C(=O)c1c(F)cc(F)cc1F. The summed E-state index contributed by atoms with van der Waals surface area (Å²) in [6.45, 7) is -0.165. The molecule has 5 rings (SSSR count). The average molecular weight is 543 g/mol. The number of rotatable bonds is 9. The highest BCUT2D eigenvalue weighted by molar-refractivity contribution is 8.14. The minimum atomic E-state index is -1.37. The number of halogens is 4. The van der Waals surface area contributed by atoms with Gasteiger partial charge in [0.1, 0.15) is 51.6 Å². The van der Waals surface area contributed by atoms with Crippen molar-refractivity contribution in [3.63, 3.8) is 0 Å². The molecule has 10 heteroatoms. The quantitative estimate of drug-likeness (QED) is 0.285. The molecule has 3 aromatic carbocycles. The molecule has 1 aliphatic heterocycles. The molecule has 0 N–H and O–H groups in total. The number of para-hydroxylation sites is 1. The van der Waals surface area contributed by atoms with E-state index in [1.807, 2.05) is 0 Å². The van der Waals surface area contributed by atoms with E-state index in [0.29, 0.717) is 46.4 Å². The van der Waals surface area contributed by atoms with Crippen LogP contribution in [-0.4, -0.2) is 28.3 Å². The number of hydrogen-bond donors (Lipinski definition) is 0. The fourth-order valence-electron chi connectivity index (χ4n) is 4.07. The first-order chi connectivity index (χ1) is 18.3. The fraction of sp³-hybridized carbons (Fsp3) is 0.250. The van der Waals surface area contributed by atoms with Crippen molar-refractivity contribution in [1.29, 1.82) is 0 Å². The van der Waals surface area contributed by atoms with Crippen LogP contribution in [0.25, 0.3) is 0 Å². The Hall–Kier alpha value is -3.66. The predicted molar refractivity (Wildman–Crippen MR) is 135 cm³/mol. The molecule has 1 unspecified atom stereocenters. The second-order valence-electron chi connectivity index (χ2n) is 9.12. The van der Waals surface area contributed by atoms with Crippen LogP contribution in [0.15, 0.2) is 65.8 Å². The first-order valence-electron chi connectivity index (χ1n) is 12.0. The van der Waals surface area contributed by atoms with Crippen LogP contribution in [-0.2, 0) is 4.79 Å². The maximum Gasteiger partial charge on any atom is 0.281 e. The number of amides is 1. The monoisotopic (exact) mass is 542 g/mol. The third-order valence-corrected chi connectivity index (χ3v) is 7.48. The molecule has 38 heavy (non-hydrogen) atoms. The minimum absolute atomic E-state index is 0.0579. The maximum absolute atomic E-state index is 14.5. The molecule has 5 nitrogen and oxygen atoms in total. The molecule has 0 radical (unpaired) electrons. The standard InChI is InChI=1S/C28H22F4N2O3S/c29-18-10-8-17(9-11-18)26-33-34(27(36)25-22(31)13-19(30)14-23(25)32)28(38-26)21-3-1-2-4-24(21)37-15-20(35)12-7-16-5-6-16/h1-4,8-11,13-14,16,28H,5-7,12,15H2. The smallest absolute Gasteiger partial charge is 0.281 e. The highest BCUT2D eigenvalue weighted by atomic mass is 32.2. The van der Waals surface area contributed by atoms with Gasteiger partial charge in [-0.15, -0.1) is 0 Å². The highest BCUT2D eigenvalue weighted by Gasteiger charge is 2.38. The molecule has 0 bridgehead atoms. The van der Waals surface area contributed by atoms with Gasteiger partial charge in [-0.3, -0.25) is 9.59 Å². The van der Waals surface area contributed by atoms with E-state index in [2.05, 4.69) is 5.10 Å². The van der Waals surface area contributed by atoms with E-state index in [1.165, 1.54) is 24.3 Å². The van der Waals surface area contributed by atoms with Crippen LogP contribution >= 0.6 is 11.8 Å². The average Bonchev–Trinajstić information content (AvgIpc) is 3.62. The van der Waals surface area contributed by atoms with E-state index in [4.69, 9.17) is 4.74 Å². The number of ether oxygens (including phenoxy) is 1. The number of nitrogens with zero attached hydrogens (tertiary/aromatic N) is 2. The number of carbonyl (C=O) groups is 2. The zero-order valence-corrected chi connectivity index (χ0v) is 20.8. The Morgan fingerprint density at radius 1 is 0.947 bits per heavy atom. The minimum Gasteiger partial charge on any atom is -0.485 e. The van der Waals surface area contributed by atoms with Gasteiger partial charge in [-0.25, -0.2) is 22.6 Å². The van der Waals surface area contributed by atoms with Gasteiger partial charge in [0, 0.05) is 29.7 Å². The largest absolute Gasteiger partial charge is 0.485 e. The number of hydrazone groups is 1. The summed E-state index contributed by atoms with van der Waals surface area (Å²) in [5.41, 5.74) is -0.0511. The molecule has 1 amide bonds. The molecule has 1 atom stereocenters. The second kappa shape index (κ2) is 11.0. The Balaban J connectivity index is 1.46. The molecule has 0 spiro atoms. The van der Waals surface area contributed by atoms with Gasteiger partial charge in [0.05, 0.1) is 0 Å².